The van der Waals surface area contributed by atoms with Gasteiger partial charge in [-0.25, -0.2) is 0 Å². The van der Waals surface area contributed by atoms with E-state index in [9.17, 15) is 15.3 Å². The lowest BCUT2D eigenvalue weighted by Gasteiger charge is -2.00. The van der Waals surface area contributed by atoms with Gasteiger partial charge in [-0.1, -0.05) is 58.4 Å². The number of benzene rings is 2. The van der Waals surface area contributed by atoms with Crippen LogP contribution in [0.1, 0.15) is 21.8 Å². The van der Waals surface area contributed by atoms with Gasteiger partial charge in [0.2, 0.25) is 0 Å². The van der Waals surface area contributed by atoms with Crippen molar-refractivity contribution >= 4 is 21.7 Å². The SMILES string of the molecule is N#CC1(C#N)[C@H](C(=O)c2ccccc2)[C@H]1c1ccc(Br)cc1. The third-order valence-corrected chi connectivity index (χ3v) is 4.67. The number of hydrogen-bond acceptors (Lipinski definition) is 3. The number of nitrogens with zero attached hydrogens (tertiary/aromatic N) is 2. The maximum Gasteiger partial charge on any atom is 0.169 e. The number of Topliss-reactive ketones (excluding diaryl/α,β-unsaturated/α-hetero) is 1. The topological polar surface area (TPSA) is 64.7 Å². The summed E-state index contributed by atoms with van der Waals surface area (Å²) >= 11 is 3.36. The maximum absolute atomic E-state index is 12.7. The van der Waals surface area contributed by atoms with E-state index in [1.54, 1.807) is 24.3 Å². The molecular formula is C18H11BrN2O. The van der Waals surface area contributed by atoms with Crippen molar-refractivity contribution in [1.29, 1.82) is 10.5 Å². The largest absolute Gasteiger partial charge is 0.294 e. The smallest absolute Gasteiger partial charge is 0.169 e. The van der Waals surface area contributed by atoms with Crippen LogP contribution >= 0.6 is 15.9 Å². The molecule has 0 radical (unpaired) electrons. The zero-order chi connectivity index (χ0) is 15.7. The molecule has 0 saturated heterocycles. The van der Waals surface area contributed by atoms with Crippen LogP contribution in [0.3, 0.4) is 0 Å². The fourth-order valence-corrected chi connectivity index (χ4v) is 3.22. The monoisotopic (exact) mass is 350 g/mol. The van der Waals surface area contributed by atoms with Crippen LogP contribution in [0.2, 0.25) is 0 Å². The van der Waals surface area contributed by atoms with E-state index in [2.05, 4.69) is 28.1 Å². The minimum absolute atomic E-state index is 0.142. The third kappa shape index (κ3) is 2.13. The summed E-state index contributed by atoms with van der Waals surface area (Å²) in [6, 6.07) is 20.4. The number of nitriles is 2. The molecule has 3 nitrogen and oxygen atoms in total. The molecule has 1 aliphatic carbocycles. The lowest BCUT2D eigenvalue weighted by Crippen LogP contribution is -2.08. The molecule has 1 fully saturated rings. The second kappa shape index (κ2) is 5.40. The van der Waals surface area contributed by atoms with E-state index in [1.165, 1.54) is 0 Å². The van der Waals surface area contributed by atoms with Crippen LogP contribution in [0.5, 0.6) is 0 Å². The highest BCUT2D eigenvalue weighted by Gasteiger charge is 2.70. The predicted octanol–water partition coefficient (Wildman–Crippen LogP) is 4.08. The molecule has 0 unspecified atom stereocenters. The quantitative estimate of drug-likeness (QED) is 0.783. The molecule has 0 amide bonds. The molecule has 0 spiro atoms. The van der Waals surface area contributed by atoms with Crippen LogP contribution in [0.25, 0.3) is 0 Å². The van der Waals surface area contributed by atoms with Crippen LogP contribution in [0, 0.1) is 34.0 Å². The number of ketones is 1. The minimum atomic E-state index is -1.26. The molecule has 0 aliphatic heterocycles. The van der Waals surface area contributed by atoms with Gasteiger partial charge in [0.15, 0.2) is 11.2 Å². The van der Waals surface area contributed by atoms with Crippen molar-refractivity contribution in [1.82, 2.24) is 0 Å². The molecule has 3 rings (SSSR count). The Morgan fingerprint density at radius 2 is 1.59 bits per heavy atom. The summed E-state index contributed by atoms with van der Waals surface area (Å²) in [5.41, 5.74) is 0.128. The Hall–Kier alpha value is -2.43. The normalized spacial score (nSPS) is 21.4. The molecule has 0 N–H and O–H groups in total. The molecule has 1 aliphatic rings. The molecule has 2 aromatic rings. The lowest BCUT2D eigenvalue weighted by atomic mass is 10.0. The average Bonchev–Trinajstić information content (AvgIpc) is 3.25. The van der Waals surface area contributed by atoms with Gasteiger partial charge < -0.3 is 0 Å². The van der Waals surface area contributed by atoms with Gasteiger partial charge in [-0.15, -0.1) is 0 Å². The Morgan fingerprint density at radius 1 is 1.00 bits per heavy atom. The summed E-state index contributed by atoms with van der Waals surface area (Å²) < 4.78 is 0.919. The molecule has 0 heterocycles. The maximum atomic E-state index is 12.7. The zero-order valence-corrected chi connectivity index (χ0v) is 13.1. The summed E-state index contributed by atoms with van der Waals surface area (Å²) in [5, 5.41) is 19.0. The standard InChI is InChI=1S/C18H11BrN2O/c19-14-8-6-12(7-9-14)15-16(18(15,10-20)11-21)17(22)13-4-2-1-3-5-13/h1-9,15-16H/t15-,16+/m1/s1. The lowest BCUT2D eigenvalue weighted by molar-refractivity contribution is 0.0958. The Balaban J connectivity index is 2.00. The molecule has 0 bridgehead atoms. The molecule has 1 saturated carbocycles. The minimum Gasteiger partial charge on any atom is -0.294 e. The number of carbonyl (C=O) groups is 1. The first-order valence-corrected chi connectivity index (χ1v) is 7.60. The van der Waals surface area contributed by atoms with Crippen LogP contribution in [-0.4, -0.2) is 5.78 Å². The van der Waals surface area contributed by atoms with E-state index >= 15 is 0 Å². The first-order chi connectivity index (χ1) is 10.6. The van der Waals surface area contributed by atoms with Gasteiger partial charge in [0.1, 0.15) is 0 Å². The fourth-order valence-electron chi connectivity index (χ4n) is 2.96. The highest BCUT2D eigenvalue weighted by molar-refractivity contribution is 9.10. The Bertz CT molecular complexity index is 786. The van der Waals surface area contributed by atoms with Gasteiger partial charge in [-0.3, -0.25) is 4.79 Å². The van der Waals surface area contributed by atoms with Gasteiger partial charge in [-0.2, -0.15) is 10.5 Å². The molecule has 106 valence electrons. The van der Waals surface area contributed by atoms with E-state index in [0.29, 0.717) is 5.56 Å². The summed E-state index contributed by atoms with van der Waals surface area (Å²) in [7, 11) is 0. The first kappa shape index (κ1) is 14.5. The second-order valence-electron chi connectivity index (χ2n) is 5.33. The van der Waals surface area contributed by atoms with E-state index in [0.717, 1.165) is 10.0 Å². The zero-order valence-electron chi connectivity index (χ0n) is 11.5. The van der Waals surface area contributed by atoms with E-state index in [-0.39, 0.29) is 11.7 Å². The van der Waals surface area contributed by atoms with Gasteiger partial charge >= 0.3 is 0 Å². The summed E-state index contributed by atoms with van der Waals surface area (Å²) in [6.45, 7) is 0. The van der Waals surface area contributed by atoms with Crippen molar-refractivity contribution in [2.24, 2.45) is 11.3 Å². The highest BCUT2D eigenvalue weighted by atomic mass is 79.9. The van der Waals surface area contributed by atoms with Gasteiger partial charge in [0.25, 0.3) is 0 Å². The van der Waals surface area contributed by atoms with Crippen LogP contribution in [0.4, 0.5) is 0 Å². The summed E-state index contributed by atoms with van der Waals surface area (Å²) in [6.07, 6.45) is 0. The molecule has 2 atom stereocenters. The van der Waals surface area contributed by atoms with Crippen molar-refractivity contribution in [2.75, 3.05) is 0 Å². The molecule has 4 heteroatoms. The van der Waals surface area contributed by atoms with Gasteiger partial charge in [-0.05, 0) is 17.7 Å². The first-order valence-electron chi connectivity index (χ1n) is 6.81. The van der Waals surface area contributed by atoms with Crippen molar-refractivity contribution in [3.8, 4) is 12.1 Å². The van der Waals surface area contributed by atoms with Crippen LogP contribution < -0.4 is 0 Å². The van der Waals surface area contributed by atoms with Crippen molar-refractivity contribution in [2.45, 2.75) is 5.92 Å². The summed E-state index contributed by atoms with van der Waals surface area (Å²) in [5.74, 6) is -1.12. The molecule has 0 aromatic heterocycles. The van der Waals surface area contributed by atoms with Gasteiger partial charge in [0.05, 0.1) is 18.1 Å². The van der Waals surface area contributed by atoms with E-state index in [1.807, 2.05) is 30.3 Å². The van der Waals surface area contributed by atoms with E-state index in [4.69, 9.17) is 0 Å². The fraction of sp³-hybridized carbons (Fsp3) is 0.167. The Morgan fingerprint density at radius 3 is 2.14 bits per heavy atom. The number of hydrogen-bond donors (Lipinski definition) is 0. The third-order valence-electron chi connectivity index (χ3n) is 4.15. The highest BCUT2D eigenvalue weighted by Crippen LogP contribution is 2.65. The second-order valence-corrected chi connectivity index (χ2v) is 6.25. The van der Waals surface area contributed by atoms with Crippen LogP contribution in [-0.2, 0) is 0 Å². The average molecular weight is 351 g/mol. The molecule has 22 heavy (non-hydrogen) atoms. The number of carbonyl (C=O) groups excluding carboxylic acids is 1. The number of halogens is 1. The van der Waals surface area contributed by atoms with Gasteiger partial charge in [0, 0.05) is 16.0 Å². The predicted molar refractivity (Wildman–Crippen MR) is 84.8 cm³/mol. The molecular weight excluding hydrogens is 340 g/mol. The molecule has 2 aromatic carbocycles. The number of rotatable bonds is 3. The Kier molecular flexibility index (Phi) is 3.56. The van der Waals surface area contributed by atoms with Crippen LogP contribution in [0.15, 0.2) is 59.1 Å². The van der Waals surface area contributed by atoms with Crippen molar-refractivity contribution < 1.29 is 4.79 Å². The Labute approximate surface area is 136 Å². The van der Waals surface area contributed by atoms with Crippen molar-refractivity contribution in [3.63, 3.8) is 0 Å². The van der Waals surface area contributed by atoms with Crippen molar-refractivity contribution in [3.05, 3.63) is 70.2 Å². The van der Waals surface area contributed by atoms with E-state index < -0.39 is 11.3 Å². The summed E-state index contributed by atoms with van der Waals surface area (Å²) in [4.78, 5) is 12.7.